The molecule has 0 radical (unpaired) electrons. The van der Waals surface area contributed by atoms with Crippen molar-refractivity contribution in [3.8, 4) is 0 Å². The van der Waals surface area contributed by atoms with E-state index < -0.39 is 0 Å². The number of hydrogen-bond acceptors (Lipinski definition) is 3. The Morgan fingerprint density at radius 2 is 2.33 bits per heavy atom. The van der Waals surface area contributed by atoms with Crippen molar-refractivity contribution in [2.75, 3.05) is 13.1 Å². The lowest BCUT2D eigenvalue weighted by molar-refractivity contribution is 0.161. The van der Waals surface area contributed by atoms with E-state index in [1.54, 1.807) is 0 Å². The Morgan fingerprint density at radius 1 is 1.44 bits per heavy atom. The number of nitrogens with zero attached hydrogens (tertiary/aromatic N) is 3. The molecule has 0 spiro atoms. The van der Waals surface area contributed by atoms with Gasteiger partial charge in [0.1, 0.15) is 5.65 Å². The van der Waals surface area contributed by atoms with Gasteiger partial charge in [-0.15, -0.1) is 0 Å². The first kappa shape index (κ1) is 11.7. The average molecular weight is 244 g/mol. The van der Waals surface area contributed by atoms with Crippen LogP contribution in [-0.4, -0.2) is 33.4 Å². The maximum atomic E-state index is 6.13. The zero-order chi connectivity index (χ0) is 12.5. The van der Waals surface area contributed by atoms with E-state index in [9.17, 15) is 0 Å². The maximum absolute atomic E-state index is 6.13. The minimum absolute atomic E-state index is 0.302. The second-order valence-electron chi connectivity index (χ2n) is 5.36. The predicted octanol–water partition coefficient (Wildman–Crippen LogP) is 1.50. The lowest BCUT2D eigenvalue weighted by atomic mass is 9.94. The lowest BCUT2D eigenvalue weighted by Crippen LogP contribution is -2.47. The Balaban J connectivity index is 1.72. The summed E-state index contributed by atoms with van der Waals surface area (Å²) >= 11 is 0. The minimum atomic E-state index is 0.302. The van der Waals surface area contributed by atoms with Crippen molar-refractivity contribution < 1.29 is 0 Å². The van der Waals surface area contributed by atoms with Crippen molar-refractivity contribution >= 4 is 5.65 Å². The molecule has 18 heavy (non-hydrogen) atoms. The Morgan fingerprint density at radius 3 is 3.11 bits per heavy atom. The molecule has 1 fully saturated rings. The first-order chi connectivity index (χ1) is 8.72. The quantitative estimate of drug-likeness (QED) is 0.871. The first-order valence-corrected chi connectivity index (χ1v) is 6.63. The van der Waals surface area contributed by atoms with Gasteiger partial charge in [0.25, 0.3) is 0 Å². The summed E-state index contributed by atoms with van der Waals surface area (Å²) in [5, 5.41) is 0. The second kappa shape index (κ2) is 4.71. The SMILES string of the molecule is CC1CCN(Cc2cn3ccccc3n2)CC1N. The van der Waals surface area contributed by atoms with E-state index in [-0.39, 0.29) is 0 Å². The van der Waals surface area contributed by atoms with Crippen molar-refractivity contribution in [2.45, 2.75) is 25.9 Å². The molecule has 0 aromatic carbocycles. The molecule has 96 valence electrons. The summed E-state index contributed by atoms with van der Waals surface area (Å²) < 4.78 is 2.07. The van der Waals surface area contributed by atoms with Crippen LogP contribution in [0.2, 0.25) is 0 Å². The number of aromatic nitrogens is 2. The van der Waals surface area contributed by atoms with Gasteiger partial charge >= 0.3 is 0 Å². The van der Waals surface area contributed by atoms with Gasteiger partial charge < -0.3 is 10.1 Å². The molecule has 1 aliphatic heterocycles. The van der Waals surface area contributed by atoms with E-state index in [4.69, 9.17) is 5.73 Å². The third-order valence-electron chi connectivity index (χ3n) is 3.90. The Kier molecular flexibility index (Phi) is 3.06. The summed E-state index contributed by atoms with van der Waals surface area (Å²) in [6.07, 6.45) is 5.34. The van der Waals surface area contributed by atoms with E-state index >= 15 is 0 Å². The highest BCUT2D eigenvalue weighted by Gasteiger charge is 2.23. The fourth-order valence-electron chi connectivity index (χ4n) is 2.61. The van der Waals surface area contributed by atoms with E-state index in [0.29, 0.717) is 12.0 Å². The molecule has 2 aromatic rings. The molecular formula is C14H20N4. The van der Waals surface area contributed by atoms with E-state index in [0.717, 1.165) is 31.0 Å². The van der Waals surface area contributed by atoms with Crippen LogP contribution >= 0.6 is 0 Å². The normalized spacial score (nSPS) is 25.7. The van der Waals surface area contributed by atoms with E-state index in [1.807, 2.05) is 24.4 Å². The molecule has 1 saturated heterocycles. The average Bonchev–Trinajstić information content (AvgIpc) is 2.76. The van der Waals surface area contributed by atoms with Gasteiger partial charge in [0, 0.05) is 31.5 Å². The number of nitrogens with two attached hydrogens (primary N) is 1. The van der Waals surface area contributed by atoms with Crippen LogP contribution < -0.4 is 5.73 Å². The van der Waals surface area contributed by atoms with Crippen molar-refractivity contribution in [3.63, 3.8) is 0 Å². The Labute approximate surface area is 107 Å². The Hall–Kier alpha value is -1.39. The number of piperidine rings is 1. The van der Waals surface area contributed by atoms with Crippen LogP contribution in [0.15, 0.2) is 30.6 Å². The van der Waals surface area contributed by atoms with Crippen LogP contribution in [0, 0.1) is 5.92 Å². The summed E-state index contributed by atoms with van der Waals surface area (Å²) in [4.78, 5) is 7.04. The van der Waals surface area contributed by atoms with Gasteiger partial charge in [-0.25, -0.2) is 4.98 Å². The number of pyridine rings is 1. The van der Waals surface area contributed by atoms with Crippen molar-refractivity contribution in [1.29, 1.82) is 0 Å². The van der Waals surface area contributed by atoms with Crippen LogP contribution in [0.3, 0.4) is 0 Å². The van der Waals surface area contributed by atoms with Crippen molar-refractivity contribution in [1.82, 2.24) is 14.3 Å². The molecule has 0 saturated carbocycles. The molecule has 3 heterocycles. The third-order valence-corrected chi connectivity index (χ3v) is 3.90. The summed E-state index contributed by atoms with van der Waals surface area (Å²) in [5.41, 5.74) is 8.27. The highest BCUT2D eigenvalue weighted by Crippen LogP contribution is 2.17. The molecule has 4 heteroatoms. The van der Waals surface area contributed by atoms with Gasteiger partial charge in [-0.2, -0.15) is 0 Å². The van der Waals surface area contributed by atoms with Gasteiger partial charge in [0.2, 0.25) is 0 Å². The molecule has 2 aromatic heterocycles. The van der Waals surface area contributed by atoms with E-state index in [2.05, 4.69) is 27.4 Å². The van der Waals surface area contributed by atoms with Crippen LogP contribution in [0.4, 0.5) is 0 Å². The van der Waals surface area contributed by atoms with Gasteiger partial charge in [-0.1, -0.05) is 13.0 Å². The number of rotatable bonds is 2. The molecule has 4 nitrogen and oxygen atoms in total. The molecular weight excluding hydrogens is 224 g/mol. The maximum Gasteiger partial charge on any atom is 0.137 e. The van der Waals surface area contributed by atoms with Crippen LogP contribution in [0.25, 0.3) is 5.65 Å². The molecule has 0 amide bonds. The fraction of sp³-hybridized carbons (Fsp3) is 0.500. The zero-order valence-corrected chi connectivity index (χ0v) is 10.8. The third kappa shape index (κ3) is 2.26. The smallest absolute Gasteiger partial charge is 0.137 e. The Bertz CT molecular complexity index is 500. The highest BCUT2D eigenvalue weighted by molar-refractivity contribution is 5.39. The zero-order valence-electron chi connectivity index (χ0n) is 10.8. The lowest BCUT2D eigenvalue weighted by Gasteiger charge is -2.34. The largest absolute Gasteiger partial charge is 0.326 e. The molecule has 1 aliphatic rings. The molecule has 2 unspecified atom stereocenters. The number of hydrogen-bond donors (Lipinski definition) is 1. The second-order valence-corrected chi connectivity index (χ2v) is 5.36. The number of imidazole rings is 1. The molecule has 0 aliphatic carbocycles. The molecule has 2 N–H and O–H groups in total. The van der Waals surface area contributed by atoms with Crippen molar-refractivity contribution in [3.05, 3.63) is 36.3 Å². The summed E-state index contributed by atoms with van der Waals surface area (Å²) in [7, 11) is 0. The van der Waals surface area contributed by atoms with Crippen LogP contribution in [0.1, 0.15) is 19.0 Å². The minimum Gasteiger partial charge on any atom is -0.326 e. The van der Waals surface area contributed by atoms with Gasteiger partial charge in [-0.3, -0.25) is 4.90 Å². The fourth-order valence-corrected chi connectivity index (χ4v) is 2.61. The molecule has 2 atom stereocenters. The monoisotopic (exact) mass is 244 g/mol. The topological polar surface area (TPSA) is 46.6 Å². The van der Waals surface area contributed by atoms with E-state index in [1.165, 1.54) is 6.42 Å². The summed E-state index contributed by atoms with van der Waals surface area (Å²) in [6.45, 7) is 5.26. The predicted molar refractivity (Wildman–Crippen MR) is 72.2 cm³/mol. The highest BCUT2D eigenvalue weighted by atomic mass is 15.2. The van der Waals surface area contributed by atoms with Gasteiger partial charge in [-0.05, 0) is 31.0 Å². The number of fused-ring (bicyclic) bond motifs is 1. The molecule has 0 bridgehead atoms. The van der Waals surface area contributed by atoms with Crippen LogP contribution in [-0.2, 0) is 6.54 Å². The standard InChI is InChI=1S/C14H20N4/c1-11-5-7-17(10-13(11)15)8-12-9-18-6-3-2-4-14(18)16-12/h2-4,6,9,11,13H,5,7-8,10,15H2,1H3. The number of likely N-dealkylation sites (tertiary alicyclic amines) is 1. The first-order valence-electron chi connectivity index (χ1n) is 6.63. The molecule has 3 rings (SSSR count). The van der Waals surface area contributed by atoms with Crippen LogP contribution in [0.5, 0.6) is 0 Å². The van der Waals surface area contributed by atoms with Gasteiger partial charge in [0.15, 0.2) is 0 Å². The van der Waals surface area contributed by atoms with Crippen molar-refractivity contribution in [2.24, 2.45) is 11.7 Å². The summed E-state index contributed by atoms with van der Waals surface area (Å²) in [6, 6.07) is 6.38. The van der Waals surface area contributed by atoms with Gasteiger partial charge in [0.05, 0.1) is 5.69 Å². The summed E-state index contributed by atoms with van der Waals surface area (Å²) in [5.74, 6) is 0.641.